The number of rotatable bonds is 3. The van der Waals surface area contributed by atoms with Crippen LogP contribution in [0.15, 0.2) is 0 Å². The van der Waals surface area contributed by atoms with Gasteiger partial charge in [0, 0.05) is 6.42 Å². The van der Waals surface area contributed by atoms with Crippen LogP contribution in [0.25, 0.3) is 0 Å². The molecule has 0 aliphatic carbocycles. The molecule has 0 saturated carbocycles. The predicted molar refractivity (Wildman–Crippen MR) is 61.0 cm³/mol. The van der Waals surface area contributed by atoms with Gasteiger partial charge < -0.3 is 10.2 Å². The summed E-state index contributed by atoms with van der Waals surface area (Å²) < 4.78 is 25.9. The summed E-state index contributed by atoms with van der Waals surface area (Å²) >= 11 is 0. The molecule has 0 spiro atoms. The fraction of sp³-hybridized carbons (Fsp3) is 0.889. The highest BCUT2D eigenvalue weighted by atomic mass is 32.2. The molecule has 102 valence electrons. The Kier molecular flexibility index (Phi) is 8.05. The van der Waals surface area contributed by atoms with Crippen LogP contribution >= 0.6 is 0 Å². The predicted octanol–water partition coefficient (Wildman–Crippen LogP) is 0.286. The summed E-state index contributed by atoms with van der Waals surface area (Å²) in [6, 6.07) is 0. The van der Waals surface area contributed by atoms with Gasteiger partial charge in [0.2, 0.25) is 0 Å². The van der Waals surface area contributed by atoms with Crippen LogP contribution < -0.4 is 5.32 Å². The summed E-state index contributed by atoms with van der Waals surface area (Å²) in [6.45, 7) is 2.07. The molecule has 1 saturated heterocycles. The van der Waals surface area contributed by atoms with Gasteiger partial charge in [0.05, 0.1) is 6.26 Å². The van der Waals surface area contributed by atoms with Crippen LogP contribution in [0.1, 0.15) is 25.7 Å². The highest BCUT2D eigenvalue weighted by molar-refractivity contribution is 7.85. The molecule has 1 rings (SSSR count). The molecule has 17 heavy (non-hydrogen) atoms. The van der Waals surface area contributed by atoms with Crippen LogP contribution in [0.2, 0.25) is 0 Å². The third kappa shape index (κ3) is 13.2. The van der Waals surface area contributed by atoms with Gasteiger partial charge in [-0.05, 0) is 38.3 Å². The van der Waals surface area contributed by atoms with Gasteiger partial charge >= 0.3 is 5.97 Å². The van der Waals surface area contributed by atoms with E-state index in [2.05, 4.69) is 10.2 Å². The molecule has 1 atom stereocenters. The van der Waals surface area contributed by atoms with E-state index < -0.39 is 16.1 Å². The molecular formula is C9H19NO6S. The molecule has 8 heteroatoms. The summed E-state index contributed by atoms with van der Waals surface area (Å²) in [4.78, 5) is 14.1. The van der Waals surface area contributed by atoms with Crippen molar-refractivity contribution in [1.82, 2.24) is 5.32 Å². The van der Waals surface area contributed by atoms with E-state index in [4.69, 9.17) is 9.81 Å². The van der Waals surface area contributed by atoms with Crippen LogP contribution in [-0.4, -0.2) is 43.5 Å². The second kappa shape index (κ2) is 8.40. The highest BCUT2D eigenvalue weighted by Crippen LogP contribution is 2.15. The van der Waals surface area contributed by atoms with Crippen LogP contribution in [-0.2, 0) is 19.8 Å². The summed E-state index contributed by atoms with van der Waals surface area (Å²) in [7, 11) is -3.67. The first-order valence-corrected chi connectivity index (χ1v) is 7.15. The molecule has 3 N–H and O–H groups in total. The van der Waals surface area contributed by atoms with Crippen LogP contribution in [0.5, 0.6) is 0 Å². The first-order valence-electron chi connectivity index (χ1n) is 5.30. The standard InChI is InChI=1S/C8H15NO3.CH4O3S/c10-8(12-11)4-3-7-2-1-5-9-6-7;1-5(2,3)4/h7,9,11H,1-6H2;1H3,(H,2,3,4). The molecular weight excluding hydrogens is 250 g/mol. The fourth-order valence-corrected chi connectivity index (χ4v) is 1.54. The van der Waals surface area contributed by atoms with Gasteiger partial charge in [-0.3, -0.25) is 4.55 Å². The van der Waals surface area contributed by atoms with Crippen molar-refractivity contribution in [3.8, 4) is 0 Å². The lowest BCUT2D eigenvalue weighted by atomic mass is 9.95. The highest BCUT2D eigenvalue weighted by Gasteiger charge is 2.14. The zero-order valence-corrected chi connectivity index (χ0v) is 10.6. The molecule has 1 fully saturated rings. The third-order valence-corrected chi connectivity index (χ3v) is 2.26. The number of hydrogen-bond donors (Lipinski definition) is 3. The molecule has 0 radical (unpaired) electrons. The second-order valence-corrected chi connectivity index (χ2v) is 5.41. The summed E-state index contributed by atoms with van der Waals surface area (Å²) in [5.74, 6) is 0.0402. The lowest BCUT2D eigenvalue weighted by molar-refractivity contribution is -0.234. The Hall–Kier alpha value is -0.700. The Bertz CT molecular complexity index is 301. The average molecular weight is 269 g/mol. The molecule has 0 aromatic rings. The molecule has 7 nitrogen and oxygen atoms in total. The average Bonchev–Trinajstić information content (AvgIpc) is 2.25. The smallest absolute Gasteiger partial charge is 0.316 e. The Balaban J connectivity index is 0.000000437. The summed E-state index contributed by atoms with van der Waals surface area (Å²) in [5.41, 5.74) is 0. The van der Waals surface area contributed by atoms with Gasteiger partial charge in [-0.15, -0.1) is 0 Å². The van der Waals surface area contributed by atoms with Gasteiger partial charge in [-0.1, -0.05) is 0 Å². The van der Waals surface area contributed by atoms with Crippen molar-refractivity contribution in [3.63, 3.8) is 0 Å². The van der Waals surface area contributed by atoms with Crippen LogP contribution in [0, 0.1) is 5.92 Å². The molecule has 0 amide bonds. The first kappa shape index (κ1) is 16.3. The fourth-order valence-electron chi connectivity index (χ4n) is 1.54. The van der Waals surface area contributed by atoms with Crippen molar-refractivity contribution in [2.24, 2.45) is 5.92 Å². The van der Waals surface area contributed by atoms with Gasteiger partial charge in [-0.25, -0.2) is 4.79 Å². The topological polar surface area (TPSA) is 113 Å². The second-order valence-electron chi connectivity index (χ2n) is 3.95. The third-order valence-electron chi connectivity index (χ3n) is 2.26. The number of hydrogen-bond acceptors (Lipinski definition) is 6. The van der Waals surface area contributed by atoms with E-state index in [1.807, 2.05) is 0 Å². The zero-order valence-electron chi connectivity index (χ0n) is 9.76. The van der Waals surface area contributed by atoms with Gasteiger partial charge in [0.1, 0.15) is 0 Å². The zero-order chi connectivity index (χ0) is 13.3. The lowest BCUT2D eigenvalue weighted by Gasteiger charge is -2.21. The van der Waals surface area contributed by atoms with Crippen LogP contribution in [0.3, 0.4) is 0 Å². The minimum atomic E-state index is -3.67. The van der Waals surface area contributed by atoms with Gasteiger partial charge in [0.15, 0.2) is 0 Å². The van der Waals surface area contributed by atoms with Gasteiger partial charge in [0.25, 0.3) is 10.1 Å². The number of piperidine rings is 1. The maximum Gasteiger partial charge on any atom is 0.342 e. The molecule has 1 heterocycles. The Morgan fingerprint density at radius 1 is 1.53 bits per heavy atom. The number of carbonyl (C=O) groups is 1. The van der Waals surface area contributed by atoms with Gasteiger partial charge in [-0.2, -0.15) is 13.7 Å². The van der Waals surface area contributed by atoms with E-state index in [0.29, 0.717) is 18.6 Å². The molecule has 1 aliphatic heterocycles. The molecule has 1 unspecified atom stereocenters. The van der Waals surface area contributed by atoms with Crippen molar-refractivity contribution >= 4 is 16.1 Å². The van der Waals surface area contributed by atoms with E-state index >= 15 is 0 Å². The Morgan fingerprint density at radius 2 is 2.12 bits per heavy atom. The quantitative estimate of drug-likeness (QED) is 0.383. The Morgan fingerprint density at radius 3 is 2.53 bits per heavy atom. The normalized spacial score (nSPS) is 20.1. The van der Waals surface area contributed by atoms with E-state index in [-0.39, 0.29) is 0 Å². The largest absolute Gasteiger partial charge is 0.342 e. The maximum atomic E-state index is 10.6. The molecule has 1 aliphatic rings. The van der Waals surface area contributed by atoms with Crippen molar-refractivity contribution in [2.45, 2.75) is 25.7 Å². The summed E-state index contributed by atoms with van der Waals surface area (Å²) in [5, 5.41) is 11.3. The van der Waals surface area contributed by atoms with Crippen molar-refractivity contribution in [1.29, 1.82) is 0 Å². The molecule has 0 aromatic carbocycles. The molecule has 0 bridgehead atoms. The lowest BCUT2D eigenvalue weighted by Crippen LogP contribution is -2.30. The minimum Gasteiger partial charge on any atom is -0.316 e. The van der Waals surface area contributed by atoms with Crippen LogP contribution in [0.4, 0.5) is 0 Å². The van der Waals surface area contributed by atoms with E-state index in [1.165, 1.54) is 12.8 Å². The first-order chi connectivity index (χ1) is 7.83. The van der Waals surface area contributed by atoms with E-state index in [1.54, 1.807) is 0 Å². The van der Waals surface area contributed by atoms with E-state index in [9.17, 15) is 13.2 Å². The van der Waals surface area contributed by atoms with E-state index in [0.717, 1.165) is 19.5 Å². The van der Waals surface area contributed by atoms with Crippen molar-refractivity contribution < 1.29 is 27.9 Å². The number of nitrogens with one attached hydrogen (secondary N) is 1. The van der Waals surface area contributed by atoms with Crippen molar-refractivity contribution in [3.05, 3.63) is 0 Å². The number of carbonyl (C=O) groups excluding carboxylic acids is 1. The molecule has 0 aromatic heterocycles. The van der Waals surface area contributed by atoms with Crippen molar-refractivity contribution in [2.75, 3.05) is 19.3 Å². The minimum absolute atomic E-state index is 0.322. The SMILES string of the molecule is CS(=O)(=O)O.O=C(CCC1CCCNC1)OO. The monoisotopic (exact) mass is 269 g/mol. The maximum absolute atomic E-state index is 10.6. The summed E-state index contributed by atoms with van der Waals surface area (Å²) in [6.07, 6.45) is 4.20. The Labute approximate surface area is 101 Å².